The van der Waals surface area contributed by atoms with Crippen molar-refractivity contribution >= 4 is 34.3 Å². The molecule has 2 heterocycles. The second-order valence-corrected chi connectivity index (χ2v) is 7.97. The molecule has 1 aromatic heterocycles. The van der Waals surface area contributed by atoms with E-state index in [9.17, 15) is 23.2 Å². The molecule has 0 saturated carbocycles. The number of benzene rings is 1. The van der Waals surface area contributed by atoms with Gasteiger partial charge in [0.15, 0.2) is 0 Å². The smallest absolute Gasteiger partial charge is 0.268 e. The van der Waals surface area contributed by atoms with E-state index in [1.165, 1.54) is 12.3 Å². The molecule has 0 spiro atoms. The van der Waals surface area contributed by atoms with Gasteiger partial charge in [0, 0.05) is 24.4 Å². The summed E-state index contributed by atoms with van der Waals surface area (Å²) in [5, 5.41) is 14.8. The summed E-state index contributed by atoms with van der Waals surface area (Å²) in [4.78, 5) is 42.4. The Morgan fingerprint density at radius 3 is 2.79 bits per heavy atom. The SMILES string of the molecule is CCCCCC(=O)Nc1cccc2c(C(=O)NCC(=O)N3CC(F)(F)C[C@H]3C#N)ccnc12. The van der Waals surface area contributed by atoms with Crippen molar-refractivity contribution < 1.29 is 23.2 Å². The van der Waals surface area contributed by atoms with E-state index in [1.807, 2.05) is 0 Å². The van der Waals surface area contributed by atoms with Gasteiger partial charge in [0.25, 0.3) is 11.8 Å². The van der Waals surface area contributed by atoms with E-state index >= 15 is 0 Å². The first kappa shape index (κ1) is 24.0. The van der Waals surface area contributed by atoms with Crippen LogP contribution in [0.1, 0.15) is 49.4 Å². The van der Waals surface area contributed by atoms with Crippen molar-refractivity contribution in [3.63, 3.8) is 0 Å². The van der Waals surface area contributed by atoms with E-state index < -0.39 is 43.3 Å². The molecule has 1 aromatic carbocycles. The van der Waals surface area contributed by atoms with E-state index in [1.54, 1.807) is 24.3 Å². The quantitative estimate of drug-likeness (QED) is 0.591. The number of alkyl halides is 2. The number of hydrogen-bond acceptors (Lipinski definition) is 5. The third-order valence-corrected chi connectivity index (χ3v) is 5.44. The van der Waals surface area contributed by atoms with Gasteiger partial charge in [-0.25, -0.2) is 8.78 Å². The molecule has 1 fully saturated rings. The number of hydrogen-bond donors (Lipinski definition) is 2. The van der Waals surface area contributed by atoms with Gasteiger partial charge in [0.2, 0.25) is 11.8 Å². The highest BCUT2D eigenvalue weighted by Crippen LogP contribution is 2.31. The zero-order chi connectivity index (χ0) is 24.0. The molecule has 1 atom stereocenters. The largest absolute Gasteiger partial charge is 0.343 e. The van der Waals surface area contributed by atoms with Gasteiger partial charge in [0.1, 0.15) is 6.04 Å². The van der Waals surface area contributed by atoms with Crippen molar-refractivity contribution in [3.8, 4) is 6.07 Å². The summed E-state index contributed by atoms with van der Waals surface area (Å²) in [7, 11) is 0. The average molecular weight is 457 g/mol. The van der Waals surface area contributed by atoms with Crippen LogP contribution in [0, 0.1) is 11.3 Å². The lowest BCUT2D eigenvalue weighted by atomic mass is 10.1. The maximum atomic E-state index is 13.6. The molecule has 0 bridgehead atoms. The van der Waals surface area contributed by atoms with Crippen LogP contribution in [-0.2, 0) is 9.59 Å². The Labute approximate surface area is 190 Å². The monoisotopic (exact) mass is 457 g/mol. The number of likely N-dealkylation sites (tertiary alicyclic amines) is 1. The Balaban J connectivity index is 1.71. The molecular weight excluding hydrogens is 432 g/mol. The molecule has 8 nitrogen and oxygen atoms in total. The van der Waals surface area contributed by atoms with Crippen LogP contribution in [-0.4, -0.2) is 52.7 Å². The van der Waals surface area contributed by atoms with Crippen LogP contribution in [0.5, 0.6) is 0 Å². The van der Waals surface area contributed by atoms with Gasteiger partial charge < -0.3 is 15.5 Å². The number of aromatic nitrogens is 1. The van der Waals surface area contributed by atoms with E-state index in [4.69, 9.17) is 5.26 Å². The predicted octanol–water partition coefficient (Wildman–Crippen LogP) is 3.24. The van der Waals surface area contributed by atoms with Crippen molar-refractivity contribution in [2.24, 2.45) is 0 Å². The number of halogens is 2. The highest BCUT2D eigenvalue weighted by Gasteiger charge is 2.47. The van der Waals surface area contributed by atoms with E-state index in [2.05, 4.69) is 22.5 Å². The standard InChI is InChI=1S/C23H25F2N5O3/c1-2-3-4-8-19(31)29-18-7-5-6-16-17(9-10-27-21(16)18)22(33)28-13-20(32)30-14-23(24,25)11-15(30)12-26/h5-7,9-10,15H,2-4,8,11,13-14H2,1H3,(H,28,33)(H,29,31)/t15-/m0/s1. The lowest BCUT2D eigenvalue weighted by Gasteiger charge is -2.19. The summed E-state index contributed by atoms with van der Waals surface area (Å²) in [6, 6.07) is 6.98. The molecular formula is C23H25F2N5O3. The van der Waals surface area contributed by atoms with Gasteiger partial charge in [-0.2, -0.15) is 5.26 Å². The third kappa shape index (κ3) is 5.80. The molecule has 1 saturated heterocycles. The molecule has 1 aliphatic heterocycles. The van der Waals surface area contributed by atoms with Crippen LogP contribution >= 0.6 is 0 Å². The number of fused-ring (bicyclic) bond motifs is 1. The maximum Gasteiger partial charge on any atom is 0.268 e. The van der Waals surface area contributed by atoms with Gasteiger partial charge >= 0.3 is 0 Å². The Kier molecular flexibility index (Phi) is 7.53. The topological polar surface area (TPSA) is 115 Å². The number of carbonyl (C=O) groups is 3. The number of unbranched alkanes of at least 4 members (excludes halogenated alkanes) is 2. The minimum atomic E-state index is -3.13. The Morgan fingerprint density at radius 1 is 1.27 bits per heavy atom. The fraction of sp³-hybridized carbons (Fsp3) is 0.435. The van der Waals surface area contributed by atoms with Crippen molar-refractivity contribution in [1.82, 2.24) is 15.2 Å². The predicted molar refractivity (Wildman–Crippen MR) is 118 cm³/mol. The number of nitriles is 1. The van der Waals surface area contributed by atoms with Crippen molar-refractivity contribution in [1.29, 1.82) is 5.26 Å². The zero-order valence-electron chi connectivity index (χ0n) is 18.2. The molecule has 0 radical (unpaired) electrons. The first-order valence-corrected chi connectivity index (χ1v) is 10.8. The Bertz CT molecular complexity index is 1100. The minimum absolute atomic E-state index is 0.146. The van der Waals surface area contributed by atoms with Crippen molar-refractivity contribution in [2.75, 3.05) is 18.4 Å². The highest BCUT2D eigenvalue weighted by molar-refractivity contribution is 6.10. The summed E-state index contributed by atoms with van der Waals surface area (Å²) in [6.07, 6.45) is 3.81. The van der Waals surface area contributed by atoms with Gasteiger partial charge in [-0.15, -0.1) is 0 Å². The molecule has 2 aromatic rings. The molecule has 3 amide bonds. The first-order valence-electron chi connectivity index (χ1n) is 10.8. The molecule has 10 heteroatoms. The van der Waals surface area contributed by atoms with Gasteiger partial charge in [-0.05, 0) is 18.6 Å². The van der Waals surface area contributed by atoms with Crippen LogP contribution in [0.4, 0.5) is 14.5 Å². The number of anilines is 1. The summed E-state index contributed by atoms with van der Waals surface area (Å²) in [5.74, 6) is -4.63. The summed E-state index contributed by atoms with van der Waals surface area (Å²) < 4.78 is 27.2. The first-order chi connectivity index (χ1) is 15.8. The zero-order valence-corrected chi connectivity index (χ0v) is 18.2. The molecule has 0 unspecified atom stereocenters. The maximum absolute atomic E-state index is 13.6. The lowest BCUT2D eigenvalue weighted by molar-refractivity contribution is -0.131. The average Bonchev–Trinajstić information content (AvgIpc) is 3.12. The Morgan fingerprint density at radius 2 is 2.06 bits per heavy atom. The number of carbonyl (C=O) groups excluding carboxylic acids is 3. The van der Waals surface area contributed by atoms with Gasteiger partial charge in [0.05, 0.1) is 35.9 Å². The molecule has 3 rings (SSSR count). The van der Waals surface area contributed by atoms with Gasteiger partial charge in [-0.3, -0.25) is 19.4 Å². The van der Waals surface area contributed by atoms with Crippen LogP contribution in [0.25, 0.3) is 10.9 Å². The lowest BCUT2D eigenvalue weighted by Crippen LogP contribution is -2.43. The fourth-order valence-electron chi connectivity index (χ4n) is 3.77. The Hall–Kier alpha value is -3.61. The molecule has 0 aliphatic carbocycles. The third-order valence-electron chi connectivity index (χ3n) is 5.44. The fourth-order valence-corrected chi connectivity index (χ4v) is 3.77. The van der Waals surface area contributed by atoms with E-state index in [-0.39, 0.29) is 11.5 Å². The number of amides is 3. The second-order valence-electron chi connectivity index (χ2n) is 7.97. The number of nitrogens with zero attached hydrogens (tertiary/aromatic N) is 3. The molecule has 2 N–H and O–H groups in total. The van der Waals surface area contributed by atoms with Crippen LogP contribution in [0.3, 0.4) is 0 Å². The number of rotatable bonds is 8. The van der Waals surface area contributed by atoms with Crippen molar-refractivity contribution in [2.45, 2.75) is 51.0 Å². The van der Waals surface area contributed by atoms with Crippen molar-refractivity contribution in [3.05, 3.63) is 36.0 Å². The summed E-state index contributed by atoms with van der Waals surface area (Å²) in [5.41, 5.74) is 1.11. The van der Waals surface area contributed by atoms with E-state index in [0.29, 0.717) is 23.0 Å². The molecule has 1 aliphatic rings. The van der Waals surface area contributed by atoms with Gasteiger partial charge in [-0.1, -0.05) is 31.9 Å². The number of para-hydroxylation sites is 1. The van der Waals surface area contributed by atoms with Crippen LogP contribution in [0.2, 0.25) is 0 Å². The molecule has 174 valence electrons. The summed E-state index contributed by atoms with van der Waals surface area (Å²) >= 11 is 0. The number of nitrogens with one attached hydrogen (secondary N) is 2. The van der Waals surface area contributed by atoms with Crippen LogP contribution < -0.4 is 10.6 Å². The number of pyridine rings is 1. The normalized spacial score (nSPS) is 16.9. The highest BCUT2D eigenvalue weighted by atomic mass is 19.3. The summed E-state index contributed by atoms with van der Waals surface area (Å²) in [6.45, 7) is 0.680. The van der Waals surface area contributed by atoms with E-state index in [0.717, 1.165) is 24.2 Å². The molecule has 33 heavy (non-hydrogen) atoms. The second kappa shape index (κ2) is 10.3. The minimum Gasteiger partial charge on any atom is -0.343 e. The van der Waals surface area contributed by atoms with Crippen LogP contribution in [0.15, 0.2) is 30.5 Å².